The van der Waals surface area contributed by atoms with E-state index in [9.17, 15) is 14.9 Å². The van der Waals surface area contributed by atoms with Crippen LogP contribution in [0.1, 0.15) is 42.0 Å². The van der Waals surface area contributed by atoms with Crippen molar-refractivity contribution in [2.45, 2.75) is 43.1 Å². The smallest absolute Gasteiger partial charge is 0.269 e. The van der Waals surface area contributed by atoms with Crippen LogP contribution in [0.2, 0.25) is 0 Å². The van der Waals surface area contributed by atoms with Crippen LogP contribution in [0, 0.1) is 17.0 Å². The first-order chi connectivity index (χ1) is 15.5. The van der Waals surface area contributed by atoms with Gasteiger partial charge in [-0.05, 0) is 48.6 Å². The standard InChI is InChI=1S/C23H21N5O3S/c1-14-5-2-3-6-16(14)13-32-23-25-22-24-18-7-4-8-19(29)20(18)21(27(22)26-23)15-9-11-17(12-10-15)28(30)31/h2-3,5-6,9-12,21H,4,7-8,13H2,1H3,(H,24,25,26)/t21-/m1/s1. The molecule has 2 aromatic carbocycles. The molecule has 0 amide bonds. The highest BCUT2D eigenvalue weighted by Crippen LogP contribution is 2.41. The van der Waals surface area contributed by atoms with Gasteiger partial charge in [0, 0.05) is 35.6 Å². The number of benzene rings is 2. The zero-order valence-electron chi connectivity index (χ0n) is 17.4. The van der Waals surface area contributed by atoms with Crippen molar-refractivity contribution in [3.63, 3.8) is 0 Å². The fraction of sp³-hybridized carbons (Fsp3) is 0.261. The van der Waals surface area contributed by atoms with Crippen molar-refractivity contribution in [3.05, 3.63) is 86.6 Å². The van der Waals surface area contributed by atoms with Gasteiger partial charge in [-0.3, -0.25) is 14.9 Å². The molecule has 9 heteroatoms. The summed E-state index contributed by atoms with van der Waals surface area (Å²) in [5, 5.41) is 19.7. The predicted octanol–water partition coefficient (Wildman–Crippen LogP) is 4.81. The van der Waals surface area contributed by atoms with Gasteiger partial charge in [-0.25, -0.2) is 4.68 Å². The van der Waals surface area contributed by atoms with Gasteiger partial charge in [-0.15, -0.1) is 5.10 Å². The molecule has 162 valence electrons. The van der Waals surface area contributed by atoms with Gasteiger partial charge in [0.25, 0.3) is 5.69 Å². The number of thioether (sulfide) groups is 1. The number of rotatable bonds is 5. The molecule has 1 aromatic heterocycles. The number of aryl methyl sites for hydroxylation is 1. The van der Waals surface area contributed by atoms with Crippen molar-refractivity contribution in [2.24, 2.45) is 0 Å². The van der Waals surface area contributed by atoms with Crippen LogP contribution in [-0.4, -0.2) is 25.5 Å². The van der Waals surface area contributed by atoms with Gasteiger partial charge in [0.2, 0.25) is 11.1 Å². The number of Topliss-reactive ketones (excluding diaryl/α,β-unsaturated/α-hetero) is 1. The number of hydrogen-bond acceptors (Lipinski definition) is 7. The van der Waals surface area contributed by atoms with Gasteiger partial charge < -0.3 is 5.32 Å². The molecular weight excluding hydrogens is 426 g/mol. The van der Waals surface area contributed by atoms with E-state index in [2.05, 4.69) is 29.4 Å². The Morgan fingerprint density at radius 1 is 1.19 bits per heavy atom. The number of nitro benzene ring substituents is 1. The third-order valence-corrected chi connectivity index (χ3v) is 6.77. The molecule has 1 N–H and O–H groups in total. The molecule has 0 radical (unpaired) electrons. The topological polar surface area (TPSA) is 103 Å². The highest BCUT2D eigenvalue weighted by Gasteiger charge is 2.37. The monoisotopic (exact) mass is 447 g/mol. The summed E-state index contributed by atoms with van der Waals surface area (Å²) in [5.41, 5.74) is 4.78. The minimum absolute atomic E-state index is 0.0140. The Hall–Kier alpha value is -3.46. The van der Waals surface area contributed by atoms with Gasteiger partial charge in [0.15, 0.2) is 5.78 Å². The van der Waals surface area contributed by atoms with Crippen LogP contribution in [0.5, 0.6) is 0 Å². The Morgan fingerprint density at radius 2 is 1.97 bits per heavy atom. The first-order valence-electron chi connectivity index (χ1n) is 10.4. The Kier molecular flexibility index (Phi) is 5.26. The third-order valence-electron chi connectivity index (χ3n) is 5.89. The maximum atomic E-state index is 12.9. The molecule has 5 rings (SSSR count). The number of carbonyl (C=O) groups is 1. The minimum Gasteiger partial charge on any atom is -0.328 e. The summed E-state index contributed by atoms with van der Waals surface area (Å²) in [6.07, 6.45) is 2.05. The van der Waals surface area contributed by atoms with Gasteiger partial charge in [0.1, 0.15) is 6.04 Å². The molecule has 1 aliphatic carbocycles. The van der Waals surface area contributed by atoms with Gasteiger partial charge >= 0.3 is 0 Å². The van der Waals surface area contributed by atoms with E-state index in [-0.39, 0.29) is 11.5 Å². The summed E-state index contributed by atoms with van der Waals surface area (Å²) in [6.45, 7) is 2.08. The lowest BCUT2D eigenvalue weighted by Gasteiger charge is -2.32. The molecule has 3 aromatic rings. The zero-order valence-corrected chi connectivity index (χ0v) is 18.3. The average Bonchev–Trinajstić information content (AvgIpc) is 3.20. The van der Waals surface area contributed by atoms with Crippen molar-refractivity contribution < 1.29 is 9.72 Å². The second-order valence-electron chi connectivity index (χ2n) is 7.92. The summed E-state index contributed by atoms with van der Waals surface area (Å²) < 4.78 is 1.74. The lowest BCUT2D eigenvalue weighted by Crippen LogP contribution is -2.31. The summed E-state index contributed by atoms with van der Waals surface area (Å²) in [6, 6.07) is 14.1. The zero-order chi connectivity index (χ0) is 22.2. The molecule has 1 atom stereocenters. The lowest BCUT2D eigenvalue weighted by molar-refractivity contribution is -0.384. The Balaban J connectivity index is 1.51. The Labute approximate surface area is 188 Å². The third kappa shape index (κ3) is 3.69. The number of fused-ring (bicyclic) bond motifs is 1. The van der Waals surface area contributed by atoms with Crippen molar-refractivity contribution >= 4 is 29.2 Å². The van der Waals surface area contributed by atoms with Gasteiger partial charge in [-0.2, -0.15) is 4.98 Å². The van der Waals surface area contributed by atoms with E-state index in [1.807, 2.05) is 12.1 Å². The van der Waals surface area contributed by atoms with Crippen molar-refractivity contribution in [1.82, 2.24) is 14.8 Å². The molecule has 2 heterocycles. The number of nitrogens with one attached hydrogen (secondary N) is 1. The predicted molar refractivity (Wildman–Crippen MR) is 122 cm³/mol. The number of ketones is 1. The number of allylic oxidation sites excluding steroid dienone is 2. The molecule has 0 saturated carbocycles. The van der Waals surface area contributed by atoms with E-state index in [0.717, 1.165) is 29.9 Å². The molecule has 32 heavy (non-hydrogen) atoms. The highest BCUT2D eigenvalue weighted by atomic mass is 32.2. The average molecular weight is 448 g/mol. The van der Waals surface area contributed by atoms with Crippen LogP contribution >= 0.6 is 11.8 Å². The van der Waals surface area contributed by atoms with Crippen LogP contribution in [0.4, 0.5) is 11.6 Å². The number of hydrogen-bond donors (Lipinski definition) is 1. The van der Waals surface area contributed by atoms with E-state index in [4.69, 9.17) is 5.10 Å². The maximum absolute atomic E-state index is 12.9. The fourth-order valence-corrected chi connectivity index (χ4v) is 5.10. The molecule has 8 nitrogen and oxygen atoms in total. The van der Waals surface area contributed by atoms with E-state index in [1.54, 1.807) is 28.6 Å². The number of anilines is 1. The Morgan fingerprint density at radius 3 is 2.72 bits per heavy atom. The molecule has 0 bridgehead atoms. The molecule has 1 aliphatic heterocycles. The van der Waals surface area contributed by atoms with Crippen LogP contribution in [0.15, 0.2) is 65.0 Å². The summed E-state index contributed by atoms with van der Waals surface area (Å²) in [4.78, 5) is 28.2. The van der Waals surface area contributed by atoms with Gasteiger partial charge in [0.05, 0.1) is 4.92 Å². The van der Waals surface area contributed by atoms with E-state index in [1.165, 1.54) is 23.3 Å². The Bertz CT molecular complexity index is 1250. The molecule has 0 fully saturated rings. The number of non-ortho nitro benzene ring substituents is 1. The summed E-state index contributed by atoms with van der Waals surface area (Å²) in [7, 11) is 0. The summed E-state index contributed by atoms with van der Waals surface area (Å²) >= 11 is 1.54. The minimum atomic E-state index is -0.449. The number of aromatic nitrogens is 3. The van der Waals surface area contributed by atoms with Crippen LogP contribution in [-0.2, 0) is 10.5 Å². The SMILES string of the molecule is Cc1ccccc1CSc1nc2n(n1)[C@H](c1ccc([N+](=O)[O-])cc1)C1=C(CCCC1=O)N2. The maximum Gasteiger partial charge on any atom is 0.269 e. The second-order valence-corrected chi connectivity index (χ2v) is 8.87. The highest BCUT2D eigenvalue weighted by molar-refractivity contribution is 7.98. The van der Waals surface area contributed by atoms with Crippen LogP contribution in [0.3, 0.4) is 0 Å². The first kappa shape index (κ1) is 20.4. The molecule has 0 saturated heterocycles. The van der Waals surface area contributed by atoms with E-state index < -0.39 is 11.0 Å². The summed E-state index contributed by atoms with van der Waals surface area (Å²) in [5.74, 6) is 1.41. The van der Waals surface area contributed by atoms with E-state index in [0.29, 0.717) is 23.1 Å². The molecule has 2 aliphatic rings. The van der Waals surface area contributed by atoms with Crippen molar-refractivity contribution in [2.75, 3.05) is 5.32 Å². The van der Waals surface area contributed by atoms with Crippen LogP contribution < -0.4 is 5.32 Å². The van der Waals surface area contributed by atoms with Crippen molar-refractivity contribution in [3.8, 4) is 0 Å². The van der Waals surface area contributed by atoms with Crippen molar-refractivity contribution in [1.29, 1.82) is 0 Å². The quantitative estimate of drug-likeness (QED) is 0.340. The van der Waals surface area contributed by atoms with Gasteiger partial charge in [-0.1, -0.05) is 36.0 Å². The first-order valence-corrected chi connectivity index (χ1v) is 11.4. The fourth-order valence-electron chi connectivity index (χ4n) is 4.20. The molecule has 0 unspecified atom stereocenters. The molecular formula is C23H21N5O3S. The van der Waals surface area contributed by atoms with E-state index >= 15 is 0 Å². The number of nitrogens with zero attached hydrogens (tertiary/aromatic N) is 4. The largest absolute Gasteiger partial charge is 0.328 e. The number of carbonyl (C=O) groups excluding carboxylic acids is 1. The second kappa shape index (κ2) is 8.23. The van der Waals surface area contributed by atoms with Crippen LogP contribution in [0.25, 0.3) is 0 Å². The lowest BCUT2D eigenvalue weighted by atomic mass is 9.85. The molecule has 0 spiro atoms. The number of nitro groups is 1. The normalized spacial score (nSPS) is 17.5.